The molecule has 0 radical (unpaired) electrons. The molecule has 1 aromatic carbocycles. The summed E-state index contributed by atoms with van der Waals surface area (Å²) in [4.78, 5) is 13.0. The first kappa shape index (κ1) is 13.7. The van der Waals surface area contributed by atoms with Gasteiger partial charge >= 0.3 is 0 Å². The maximum Gasteiger partial charge on any atom is 0.160 e. The van der Waals surface area contributed by atoms with Crippen LogP contribution in [0.4, 0.5) is 11.5 Å². The lowest BCUT2D eigenvalue weighted by Gasteiger charge is -2.11. The van der Waals surface area contributed by atoms with Crippen LogP contribution in [-0.2, 0) is 0 Å². The van der Waals surface area contributed by atoms with Crippen LogP contribution < -0.4 is 5.32 Å². The highest BCUT2D eigenvalue weighted by molar-refractivity contribution is 9.10. The summed E-state index contributed by atoms with van der Waals surface area (Å²) in [7, 11) is 0. The van der Waals surface area contributed by atoms with E-state index in [9.17, 15) is 0 Å². The van der Waals surface area contributed by atoms with E-state index in [0.29, 0.717) is 5.82 Å². The first-order chi connectivity index (χ1) is 10.2. The van der Waals surface area contributed by atoms with Crippen LogP contribution in [0, 0.1) is 6.92 Å². The first-order valence-corrected chi connectivity index (χ1v) is 7.23. The second kappa shape index (κ2) is 5.61. The van der Waals surface area contributed by atoms with Crippen LogP contribution in [0.1, 0.15) is 11.1 Å². The SMILES string of the molecule is C=Cc1cnc2c(Nc3cccc(Br)c3C)ncnc2c1. The smallest absolute Gasteiger partial charge is 0.160 e. The molecule has 104 valence electrons. The molecule has 3 aromatic rings. The Kier molecular flexibility index (Phi) is 3.66. The number of fused-ring (bicyclic) bond motifs is 1. The summed E-state index contributed by atoms with van der Waals surface area (Å²) in [6.45, 7) is 5.79. The fraction of sp³-hybridized carbons (Fsp3) is 0.0625. The number of pyridine rings is 1. The van der Waals surface area contributed by atoms with Crippen molar-refractivity contribution < 1.29 is 0 Å². The molecule has 0 amide bonds. The van der Waals surface area contributed by atoms with Crippen LogP contribution in [-0.4, -0.2) is 15.0 Å². The van der Waals surface area contributed by atoms with Gasteiger partial charge in [0.2, 0.25) is 0 Å². The Bertz CT molecular complexity index is 830. The van der Waals surface area contributed by atoms with Gasteiger partial charge in [0.15, 0.2) is 5.82 Å². The number of nitrogens with zero attached hydrogens (tertiary/aromatic N) is 3. The molecule has 0 unspecified atom stereocenters. The summed E-state index contributed by atoms with van der Waals surface area (Å²) in [6, 6.07) is 7.93. The molecule has 21 heavy (non-hydrogen) atoms. The summed E-state index contributed by atoms with van der Waals surface area (Å²) in [5, 5.41) is 3.32. The quantitative estimate of drug-likeness (QED) is 0.763. The van der Waals surface area contributed by atoms with E-state index >= 15 is 0 Å². The fourth-order valence-electron chi connectivity index (χ4n) is 2.03. The van der Waals surface area contributed by atoms with E-state index in [0.717, 1.165) is 32.3 Å². The maximum absolute atomic E-state index is 4.43. The summed E-state index contributed by atoms with van der Waals surface area (Å²) >= 11 is 3.53. The van der Waals surface area contributed by atoms with Crippen molar-refractivity contribution in [3.8, 4) is 0 Å². The van der Waals surface area contributed by atoms with Gasteiger partial charge in [0.1, 0.15) is 11.8 Å². The Labute approximate surface area is 131 Å². The molecule has 0 fully saturated rings. The number of aromatic nitrogens is 3. The maximum atomic E-state index is 4.43. The van der Waals surface area contributed by atoms with Gasteiger partial charge in [0, 0.05) is 16.4 Å². The third-order valence-electron chi connectivity index (χ3n) is 3.25. The van der Waals surface area contributed by atoms with Crippen molar-refractivity contribution in [2.45, 2.75) is 6.92 Å². The van der Waals surface area contributed by atoms with Crippen LogP contribution in [0.3, 0.4) is 0 Å². The van der Waals surface area contributed by atoms with Crippen LogP contribution in [0.25, 0.3) is 17.1 Å². The molecule has 0 aliphatic heterocycles. The zero-order valence-electron chi connectivity index (χ0n) is 11.5. The highest BCUT2D eigenvalue weighted by atomic mass is 79.9. The van der Waals surface area contributed by atoms with Crippen LogP contribution in [0.5, 0.6) is 0 Å². The Morgan fingerprint density at radius 2 is 2.10 bits per heavy atom. The average molecular weight is 341 g/mol. The van der Waals surface area contributed by atoms with Gasteiger partial charge in [-0.15, -0.1) is 0 Å². The second-order valence-electron chi connectivity index (χ2n) is 4.60. The Morgan fingerprint density at radius 3 is 2.90 bits per heavy atom. The van der Waals surface area contributed by atoms with E-state index in [4.69, 9.17) is 0 Å². The molecule has 0 saturated carbocycles. The predicted octanol–water partition coefficient (Wildman–Crippen LogP) is 4.48. The molecule has 5 heteroatoms. The summed E-state index contributed by atoms with van der Waals surface area (Å²) < 4.78 is 1.05. The van der Waals surface area contributed by atoms with E-state index in [1.54, 1.807) is 12.3 Å². The number of nitrogens with one attached hydrogen (secondary N) is 1. The Hall–Kier alpha value is -2.27. The first-order valence-electron chi connectivity index (χ1n) is 6.44. The number of benzene rings is 1. The Balaban J connectivity index is 2.08. The number of hydrogen-bond donors (Lipinski definition) is 1. The van der Waals surface area contributed by atoms with Crippen LogP contribution >= 0.6 is 15.9 Å². The molecule has 2 aromatic heterocycles. The molecule has 1 N–H and O–H groups in total. The zero-order valence-corrected chi connectivity index (χ0v) is 13.1. The minimum absolute atomic E-state index is 0.691. The van der Waals surface area contributed by atoms with E-state index in [2.05, 4.69) is 42.8 Å². The van der Waals surface area contributed by atoms with E-state index < -0.39 is 0 Å². The minimum atomic E-state index is 0.691. The normalized spacial score (nSPS) is 10.6. The summed E-state index contributed by atoms with van der Waals surface area (Å²) in [6.07, 6.45) is 5.05. The number of hydrogen-bond acceptors (Lipinski definition) is 4. The summed E-state index contributed by atoms with van der Waals surface area (Å²) in [5.41, 5.74) is 4.57. The Morgan fingerprint density at radius 1 is 1.24 bits per heavy atom. The molecule has 3 rings (SSSR count). The standard InChI is InChI=1S/C16H13BrN4/c1-3-11-7-14-15(18-8-11)16(20-9-19-14)21-13-6-4-5-12(17)10(13)2/h3-9H,1H2,2H3,(H,19,20,21). The second-order valence-corrected chi connectivity index (χ2v) is 5.45. The van der Waals surface area contributed by atoms with Crippen molar-refractivity contribution >= 4 is 44.5 Å². The predicted molar refractivity (Wildman–Crippen MR) is 89.6 cm³/mol. The topological polar surface area (TPSA) is 50.7 Å². The summed E-state index contributed by atoms with van der Waals surface area (Å²) in [5.74, 6) is 0.691. The molecule has 0 spiro atoms. The third kappa shape index (κ3) is 2.64. The van der Waals surface area contributed by atoms with Gasteiger partial charge in [-0.05, 0) is 36.2 Å². The molecule has 0 atom stereocenters. The minimum Gasteiger partial charge on any atom is -0.338 e. The van der Waals surface area contributed by atoms with E-state index in [-0.39, 0.29) is 0 Å². The molecular weight excluding hydrogens is 328 g/mol. The van der Waals surface area contributed by atoms with Crippen molar-refractivity contribution in [3.05, 3.63) is 59.0 Å². The van der Waals surface area contributed by atoms with Crippen LogP contribution in [0.15, 0.2) is 47.8 Å². The monoisotopic (exact) mass is 340 g/mol. The average Bonchev–Trinajstić information content (AvgIpc) is 2.51. The zero-order chi connectivity index (χ0) is 14.8. The van der Waals surface area contributed by atoms with Crippen molar-refractivity contribution in [3.63, 3.8) is 0 Å². The van der Waals surface area contributed by atoms with Gasteiger partial charge in [0.05, 0.1) is 5.52 Å². The van der Waals surface area contributed by atoms with Gasteiger partial charge in [-0.1, -0.05) is 34.7 Å². The molecule has 0 aliphatic rings. The van der Waals surface area contributed by atoms with E-state index in [1.165, 1.54) is 6.33 Å². The van der Waals surface area contributed by atoms with Gasteiger partial charge in [-0.3, -0.25) is 4.98 Å². The number of halogens is 1. The number of rotatable bonds is 3. The fourth-order valence-corrected chi connectivity index (χ4v) is 2.40. The molecule has 4 nitrogen and oxygen atoms in total. The van der Waals surface area contributed by atoms with Crippen molar-refractivity contribution in [1.82, 2.24) is 15.0 Å². The number of anilines is 2. The van der Waals surface area contributed by atoms with E-state index in [1.807, 2.05) is 31.2 Å². The molecule has 0 saturated heterocycles. The molecule has 2 heterocycles. The van der Waals surface area contributed by atoms with Crippen molar-refractivity contribution in [1.29, 1.82) is 0 Å². The lowest BCUT2D eigenvalue weighted by molar-refractivity contribution is 1.19. The third-order valence-corrected chi connectivity index (χ3v) is 4.11. The highest BCUT2D eigenvalue weighted by Crippen LogP contribution is 2.28. The van der Waals surface area contributed by atoms with Crippen LogP contribution in [0.2, 0.25) is 0 Å². The molecule has 0 aliphatic carbocycles. The largest absolute Gasteiger partial charge is 0.338 e. The van der Waals surface area contributed by atoms with Crippen molar-refractivity contribution in [2.24, 2.45) is 0 Å². The lowest BCUT2D eigenvalue weighted by Crippen LogP contribution is -1.99. The van der Waals surface area contributed by atoms with Crippen molar-refractivity contribution in [2.75, 3.05) is 5.32 Å². The van der Waals surface area contributed by atoms with Gasteiger partial charge in [-0.25, -0.2) is 9.97 Å². The van der Waals surface area contributed by atoms with Gasteiger partial charge < -0.3 is 5.32 Å². The lowest BCUT2D eigenvalue weighted by atomic mass is 10.2. The molecule has 0 bridgehead atoms. The van der Waals surface area contributed by atoms with Gasteiger partial charge in [-0.2, -0.15) is 0 Å². The highest BCUT2D eigenvalue weighted by Gasteiger charge is 2.08. The molecular formula is C16H13BrN4. The van der Waals surface area contributed by atoms with Gasteiger partial charge in [0.25, 0.3) is 0 Å².